The van der Waals surface area contributed by atoms with Gasteiger partial charge in [0.25, 0.3) is 0 Å². The smallest absolute Gasteiger partial charge is 0.221 e. The topological polar surface area (TPSA) is 75.2 Å². The zero-order valence-electron chi connectivity index (χ0n) is 24.5. The van der Waals surface area contributed by atoms with Gasteiger partial charge in [-0.05, 0) is 66.7 Å². The predicted molar refractivity (Wildman–Crippen MR) is 155 cm³/mol. The van der Waals surface area contributed by atoms with E-state index in [2.05, 4.69) is 67.5 Å². The van der Waals surface area contributed by atoms with Gasteiger partial charge in [-0.25, -0.2) is 4.68 Å². The van der Waals surface area contributed by atoms with Gasteiger partial charge in [0.15, 0.2) is 0 Å². The third kappa shape index (κ3) is 7.89. The lowest BCUT2D eigenvalue weighted by Crippen LogP contribution is -2.33. The number of likely N-dealkylation sites (N-methyl/N-ethyl adjacent to an activating group) is 1. The van der Waals surface area contributed by atoms with Crippen molar-refractivity contribution in [1.82, 2.24) is 29.4 Å². The lowest BCUT2D eigenvalue weighted by atomic mass is 10.1. The highest BCUT2D eigenvalue weighted by Gasteiger charge is 2.24. The molecule has 0 aliphatic carbocycles. The van der Waals surface area contributed by atoms with Gasteiger partial charge in [-0.15, -0.1) is 0 Å². The number of rotatable bonds is 12. The molecule has 1 aliphatic heterocycles. The maximum absolute atomic E-state index is 8.21. The molecule has 0 aromatic carbocycles. The largest absolute Gasteiger partial charge is 0.473 e. The van der Waals surface area contributed by atoms with E-state index < -0.39 is 0 Å². The summed E-state index contributed by atoms with van der Waals surface area (Å²) < 4.78 is 10.2. The number of nitrogens with zero attached hydrogens (tertiary/aromatic N) is 6. The number of ether oxygens (including phenoxy) is 1. The average Bonchev–Trinajstić information content (AvgIpc) is 3.52. The van der Waals surface area contributed by atoms with Crippen LogP contribution in [0.1, 0.15) is 81.2 Å². The molecule has 206 valence electrons. The summed E-state index contributed by atoms with van der Waals surface area (Å²) in [4.78, 5) is 4.79. The van der Waals surface area contributed by atoms with E-state index in [4.69, 9.17) is 15.2 Å². The molecular weight excluding hydrogens is 462 g/mol. The van der Waals surface area contributed by atoms with E-state index >= 15 is 0 Å². The molecule has 3 heterocycles. The van der Waals surface area contributed by atoms with Gasteiger partial charge < -0.3 is 15.0 Å². The Kier molecular flexibility index (Phi) is 11.8. The monoisotopic (exact) mass is 511 g/mol. The molecule has 2 atom stereocenters. The molecule has 0 spiro atoms. The van der Waals surface area contributed by atoms with Crippen LogP contribution in [0.3, 0.4) is 0 Å². The predicted octanol–water partition coefficient (Wildman–Crippen LogP) is 5.40. The van der Waals surface area contributed by atoms with Crippen molar-refractivity contribution in [3.63, 3.8) is 0 Å². The maximum Gasteiger partial charge on any atom is 0.221 e. The molecule has 8 heteroatoms. The standard InChI is InChI=1S/C26H41N7O.C3H8/c1-9-22-20(5)29-33(18(3)15-32-13-11-12-14-32)24(22)17-30(7)16-19(4)34-26-25(23(27)10-2)21(6)28-31(26)8;1-3-2/h9-10,18-19,27H,1-2,11-17H2,3-8H3;3H2,1-2H3. The molecule has 1 saturated heterocycles. The van der Waals surface area contributed by atoms with Crippen molar-refractivity contribution in [3.05, 3.63) is 47.4 Å². The fourth-order valence-electron chi connectivity index (χ4n) is 4.98. The average molecular weight is 512 g/mol. The first-order valence-corrected chi connectivity index (χ1v) is 13.6. The SMILES string of the molecule is C=CC(=N)c1c(C)nn(C)c1OC(C)CN(C)Cc1c(C=C)c(C)nn1C(C)CN1CCCC1.CCC. The molecule has 0 bridgehead atoms. The number of aryl methyl sites for hydroxylation is 3. The molecule has 8 nitrogen and oxygen atoms in total. The normalized spacial score (nSPS) is 15.3. The van der Waals surface area contributed by atoms with Gasteiger partial charge in [-0.1, -0.05) is 39.5 Å². The molecule has 2 unspecified atom stereocenters. The van der Waals surface area contributed by atoms with E-state index in [1.165, 1.54) is 44.1 Å². The quantitative estimate of drug-likeness (QED) is 0.386. The van der Waals surface area contributed by atoms with Crippen LogP contribution in [-0.4, -0.2) is 74.4 Å². The van der Waals surface area contributed by atoms with Gasteiger partial charge in [0.1, 0.15) is 6.10 Å². The fourth-order valence-corrected chi connectivity index (χ4v) is 4.98. The molecule has 37 heavy (non-hydrogen) atoms. The molecule has 2 aromatic rings. The molecular formula is C29H49N7O. The molecule has 1 aliphatic rings. The first-order chi connectivity index (χ1) is 17.6. The van der Waals surface area contributed by atoms with Crippen molar-refractivity contribution in [2.24, 2.45) is 7.05 Å². The minimum Gasteiger partial charge on any atom is -0.473 e. The third-order valence-corrected chi connectivity index (χ3v) is 6.52. The van der Waals surface area contributed by atoms with Crippen molar-refractivity contribution >= 4 is 11.8 Å². The second kappa shape index (κ2) is 14.3. The van der Waals surface area contributed by atoms with Crippen LogP contribution in [0.2, 0.25) is 0 Å². The summed E-state index contributed by atoms with van der Waals surface area (Å²) in [5.41, 5.74) is 5.13. The number of hydrogen-bond acceptors (Lipinski definition) is 6. The van der Waals surface area contributed by atoms with Crippen molar-refractivity contribution in [3.8, 4) is 5.88 Å². The Labute approximate surface area is 224 Å². The van der Waals surface area contributed by atoms with Crippen LogP contribution in [0.25, 0.3) is 6.08 Å². The van der Waals surface area contributed by atoms with E-state index in [-0.39, 0.29) is 6.10 Å². The summed E-state index contributed by atoms with van der Waals surface area (Å²) in [6, 6.07) is 0.299. The zero-order chi connectivity index (χ0) is 27.7. The van der Waals surface area contributed by atoms with Gasteiger partial charge in [-0.3, -0.25) is 9.58 Å². The number of allylic oxidation sites excluding steroid dienone is 1. The third-order valence-electron chi connectivity index (χ3n) is 6.52. The zero-order valence-corrected chi connectivity index (χ0v) is 24.5. The number of hydrogen-bond donors (Lipinski definition) is 1. The summed E-state index contributed by atoms with van der Waals surface area (Å²) >= 11 is 0. The second-order valence-electron chi connectivity index (χ2n) is 10.3. The van der Waals surface area contributed by atoms with E-state index in [0.29, 0.717) is 29.7 Å². The van der Waals surface area contributed by atoms with Crippen LogP contribution in [0.4, 0.5) is 0 Å². The Hall–Kier alpha value is -2.71. The maximum atomic E-state index is 8.21. The van der Waals surface area contributed by atoms with Crippen LogP contribution in [0, 0.1) is 19.3 Å². The highest BCUT2D eigenvalue weighted by Crippen LogP contribution is 2.25. The van der Waals surface area contributed by atoms with Gasteiger partial charge in [0.05, 0.1) is 34.4 Å². The fraction of sp³-hybridized carbons (Fsp3) is 0.621. The first-order valence-electron chi connectivity index (χ1n) is 13.6. The Bertz CT molecular complexity index is 1050. The van der Waals surface area contributed by atoms with Gasteiger partial charge in [0, 0.05) is 32.2 Å². The number of aromatic nitrogens is 4. The summed E-state index contributed by atoms with van der Waals surface area (Å²) in [6.45, 7) is 25.1. The summed E-state index contributed by atoms with van der Waals surface area (Å²) in [5, 5.41) is 17.6. The van der Waals surface area contributed by atoms with E-state index in [1.54, 1.807) is 4.68 Å². The summed E-state index contributed by atoms with van der Waals surface area (Å²) in [7, 11) is 3.95. The van der Waals surface area contributed by atoms with Crippen LogP contribution in [0.15, 0.2) is 19.2 Å². The minimum atomic E-state index is -0.0946. The lowest BCUT2D eigenvalue weighted by Gasteiger charge is -2.26. The van der Waals surface area contributed by atoms with E-state index in [0.717, 1.165) is 30.0 Å². The molecule has 3 rings (SSSR count). The highest BCUT2D eigenvalue weighted by molar-refractivity contribution is 6.08. The van der Waals surface area contributed by atoms with Crippen LogP contribution >= 0.6 is 0 Å². The summed E-state index contributed by atoms with van der Waals surface area (Å²) in [6.07, 6.45) is 7.19. The lowest BCUT2D eigenvalue weighted by molar-refractivity contribution is 0.145. The van der Waals surface area contributed by atoms with Crippen LogP contribution < -0.4 is 4.74 Å². The van der Waals surface area contributed by atoms with Crippen molar-refractivity contribution in [1.29, 1.82) is 5.41 Å². The van der Waals surface area contributed by atoms with Crippen LogP contribution in [0.5, 0.6) is 5.88 Å². The Balaban J connectivity index is 0.00000153. The molecule has 1 N–H and O–H groups in total. The first kappa shape index (κ1) is 30.5. The second-order valence-corrected chi connectivity index (χ2v) is 10.3. The van der Waals surface area contributed by atoms with Crippen molar-refractivity contribution in [2.45, 2.75) is 79.5 Å². The molecule has 0 amide bonds. The van der Waals surface area contributed by atoms with Crippen LogP contribution in [-0.2, 0) is 13.6 Å². The molecule has 0 radical (unpaired) electrons. The Morgan fingerprint density at radius 1 is 1.14 bits per heavy atom. The van der Waals surface area contributed by atoms with Gasteiger partial charge in [0.2, 0.25) is 5.88 Å². The summed E-state index contributed by atoms with van der Waals surface area (Å²) in [5.74, 6) is 0.607. The Morgan fingerprint density at radius 3 is 2.32 bits per heavy atom. The van der Waals surface area contributed by atoms with Gasteiger partial charge >= 0.3 is 0 Å². The molecule has 1 fully saturated rings. The van der Waals surface area contributed by atoms with E-state index in [9.17, 15) is 0 Å². The Morgan fingerprint density at radius 2 is 1.76 bits per heavy atom. The highest BCUT2D eigenvalue weighted by atomic mass is 16.5. The minimum absolute atomic E-state index is 0.0946. The number of likely N-dealkylation sites (tertiary alicyclic amines) is 1. The van der Waals surface area contributed by atoms with E-state index in [1.807, 2.05) is 27.0 Å². The number of nitrogens with one attached hydrogen (secondary N) is 1. The van der Waals surface area contributed by atoms with Crippen molar-refractivity contribution < 1.29 is 4.74 Å². The molecule has 2 aromatic heterocycles. The van der Waals surface area contributed by atoms with Gasteiger partial charge in [-0.2, -0.15) is 10.2 Å². The van der Waals surface area contributed by atoms with Crippen molar-refractivity contribution in [2.75, 3.05) is 33.2 Å². The molecule has 0 saturated carbocycles.